The molecule has 6 heteroatoms. The minimum absolute atomic E-state index is 0.0261. The number of nitrogens with zero attached hydrogens (tertiary/aromatic N) is 1. The number of carbonyl (C=O) groups is 2. The average molecular weight is 326 g/mol. The van der Waals surface area contributed by atoms with Gasteiger partial charge in [-0.2, -0.15) is 0 Å². The number of hydrogen-bond acceptors (Lipinski definition) is 4. The van der Waals surface area contributed by atoms with Gasteiger partial charge in [-0.1, -0.05) is 42.5 Å². The Kier molecular flexibility index (Phi) is 4.65. The number of nitrogens with one attached hydrogen (secondary N) is 1. The van der Waals surface area contributed by atoms with E-state index in [9.17, 15) is 14.7 Å². The molecular formula is C18H18N2O4. The van der Waals surface area contributed by atoms with Crippen LogP contribution in [0, 0.1) is 0 Å². The first-order valence-electron chi connectivity index (χ1n) is 7.66. The first-order valence-corrected chi connectivity index (χ1v) is 7.66. The van der Waals surface area contributed by atoms with E-state index < -0.39 is 12.1 Å². The number of amides is 2. The molecule has 0 radical (unpaired) electrons. The van der Waals surface area contributed by atoms with Gasteiger partial charge in [0.2, 0.25) is 5.91 Å². The first-order chi connectivity index (χ1) is 11.6. The lowest BCUT2D eigenvalue weighted by molar-refractivity contribution is -0.125. The van der Waals surface area contributed by atoms with Crippen LogP contribution in [0.4, 0.5) is 4.79 Å². The van der Waals surface area contributed by atoms with Crippen LogP contribution < -0.4 is 5.32 Å². The smallest absolute Gasteiger partial charge is 0.410 e. The maximum atomic E-state index is 12.4. The van der Waals surface area contributed by atoms with Gasteiger partial charge < -0.3 is 15.2 Å². The molecule has 2 N–H and O–H groups in total. The molecule has 0 unspecified atom stereocenters. The topological polar surface area (TPSA) is 78.9 Å². The fraction of sp³-hybridized carbons (Fsp3) is 0.222. The summed E-state index contributed by atoms with van der Waals surface area (Å²) in [4.78, 5) is 25.7. The fourth-order valence-corrected chi connectivity index (χ4v) is 2.60. The summed E-state index contributed by atoms with van der Waals surface area (Å²) < 4.78 is 5.02. The van der Waals surface area contributed by atoms with E-state index in [0.717, 1.165) is 11.1 Å². The summed E-state index contributed by atoms with van der Waals surface area (Å²) >= 11 is 0. The predicted molar refractivity (Wildman–Crippen MR) is 87.1 cm³/mol. The number of rotatable bonds is 5. The average Bonchev–Trinajstić information content (AvgIpc) is 2.95. The molecule has 0 aromatic heterocycles. The minimum atomic E-state index is -0.677. The van der Waals surface area contributed by atoms with E-state index in [-0.39, 0.29) is 24.8 Å². The highest BCUT2D eigenvalue weighted by Gasteiger charge is 2.37. The molecule has 1 aliphatic rings. The molecule has 124 valence electrons. The Morgan fingerprint density at radius 2 is 1.92 bits per heavy atom. The van der Waals surface area contributed by atoms with Crippen LogP contribution in [-0.2, 0) is 22.6 Å². The van der Waals surface area contributed by atoms with E-state index in [2.05, 4.69) is 5.32 Å². The third-order valence-corrected chi connectivity index (χ3v) is 3.85. The van der Waals surface area contributed by atoms with Crippen molar-refractivity contribution in [3.8, 4) is 5.75 Å². The molecule has 6 nitrogen and oxygen atoms in total. The number of aromatic hydroxyl groups is 1. The van der Waals surface area contributed by atoms with Gasteiger partial charge in [-0.25, -0.2) is 4.79 Å². The standard InChI is InChI=1S/C18H18N2O4/c21-15-8-4-7-14(9-15)11-20-16(12-24-18(20)23)17(22)19-10-13-5-2-1-3-6-13/h1-9,16,21H,10-12H2,(H,19,22)/t16-/m0/s1. The minimum Gasteiger partial charge on any atom is -0.508 e. The first kappa shape index (κ1) is 15.9. The van der Waals surface area contributed by atoms with Crippen molar-refractivity contribution in [1.82, 2.24) is 10.2 Å². The molecule has 1 fully saturated rings. The molecular weight excluding hydrogens is 308 g/mol. The highest BCUT2D eigenvalue weighted by atomic mass is 16.6. The van der Waals surface area contributed by atoms with Gasteiger partial charge >= 0.3 is 6.09 Å². The molecule has 2 aromatic carbocycles. The van der Waals surface area contributed by atoms with Crippen LogP contribution in [0.15, 0.2) is 54.6 Å². The van der Waals surface area contributed by atoms with Gasteiger partial charge in [0, 0.05) is 6.54 Å². The molecule has 1 atom stereocenters. The van der Waals surface area contributed by atoms with Gasteiger partial charge in [-0.3, -0.25) is 9.69 Å². The van der Waals surface area contributed by atoms with Crippen molar-refractivity contribution < 1.29 is 19.4 Å². The second-order valence-corrected chi connectivity index (χ2v) is 5.59. The molecule has 0 saturated carbocycles. The van der Waals surface area contributed by atoms with Crippen LogP contribution in [0.1, 0.15) is 11.1 Å². The van der Waals surface area contributed by atoms with E-state index in [1.165, 1.54) is 4.90 Å². The molecule has 1 heterocycles. The van der Waals surface area contributed by atoms with Crippen LogP contribution in [0.5, 0.6) is 5.75 Å². The SMILES string of the molecule is O=C(NCc1ccccc1)[C@@H]1COC(=O)N1Cc1cccc(O)c1. The predicted octanol–water partition coefficient (Wildman–Crippen LogP) is 2.03. The number of hydrogen-bond donors (Lipinski definition) is 2. The third-order valence-electron chi connectivity index (χ3n) is 3.85. The number of cyclic esters (lactones) is 1. The Hall–Kier alpha value is -3.02. The second kappa shape index (κ2) is 7.04. The Morgan fingerprint density at radius 1 is 1.17 bits per heavy atom. The zero-order valence-electron chi connectivity index (χ0n) is 13.0. The van der Waals surface area contributed by atoms with Gasteiger partial charge in [0.05, 0.1) is 6.54 Å². The van der Waals surface area contributed by atoms with Crippen molar-refractivity contribution in [1.29, 1.82) is 0 Å². The number of ether oxygens (including phenoxy) is 1. The largest absolute Gasteiger partial charge is 0.508 e. The lowest BCUT2D eigenvalue weighted by Crippen LogP contribution is -2.45. The molecule has 2 aromatic rings. The van der Waals surface area contributed by atoms with Gasteiger partial charge in [-0.15, -0.1) is 0 Å². The van der Waals surface area contributed by atoms with Crippen LogP contribution >= 0.6 is 0 Å². The molecule has 1 saturated heterocycles. The molecule has 0 aliphatic carbocycles. The Morgan fingerprint density at radius 3 is 2.67 bits per heavy atom. The van der Waals surface area contributed by atoms with E-state index in [4.69, 9.17) is 4.74 Å². The van der Waals surface area contributed by atoms with Gasteiger partial charge in [0.25, 0.3) is 0 Å². The van der Waals surface area contributed by atoms with E-state index in [1.54, 1.807) is 24.3 Å². The van der Waals surface area contributed by atoms with Crippen molar-refractivity contribution in [3.63, 3.8) is 0 Å². The lowest BCUT2D eigenvalue weighted by atomic mass is 10.1. The maximum Gasteiger partial charge on any atom is 0.410 e. The molecule has 3 rings (SSSR count). The van der Waals surface area contributed by atoms with Crippen molar-refractivity contribution in [3.05, 3.63) is 65.7 Å². The summed E-state index contributed by atoms with van der Waals surface area (Å²) in [6.07, 6.45) is -0.529. The van der Waals surface area contributed by atoms with Crippen molar-refractivity contribution in [2.45, 2.75) is 19.1 Å². The summed E-state index contributed by atoms with van der Waals surface area (Å²) in [5.41, 5.74) is 1.71. The Bertz CT molecular complexity index is 733. The van der Waals surface area contributed by atoms with E-state index in [0.29, 0.717) is 6.54 Å². The molecule has 2 amide bonds. The quantitative estimate of drug-likeness (QED) is 0.881. The van der Waals surface area contributed by atoms with Crippen LogP contribution in [0.25, 0.3) is 0 Å². The molecule has 0 bridgehead atoms. The summed E-state index contributed by atoms with van der Waals surface area (Å²) in [5, 5.41) is 12.4. The number of benzene rings is 2. The highest BCUT2D eigenvalue weighted by Crippen LogP contribution is 2.19. The molecule has 1 aliphatic heterocycles. The number of phenolic OH excluding ortho intramolecular Hbond substituents is 1. The lowest BCUT2D eigenvalue weighted by Gasteiger charge is -2.21. The van der Waals surface area contributed by atoms with Gasteiger partial charge in [0.1, 0.15) is 18.4 Å². The highest BCUT2D eigenvalue weighted by molar-refractivity contribution is 5.87. The summed E-state index contributed by atoms with van der Waals surface area (Å²) in [7, 11) is 0. The summed E-state index contributed by atoms with van der Waals surface area (Å²) in [6, 6.07) is 15.5. The van der Waals surface area contributed by atoms with Gasteiger partial charge in [0.15, 0.2) is 0 Å². The van der Waals surface area contributed by atoms with Gasteiger partial charge in [-0.05, 0) is 23.3 Å². The maximum absolute atomic E-state index is 12.4. The Balaban J connectivity index is 1.65. The Labute approximate surface area is 139 Å². The van der Waals surface area contributed by atoms with Crippen molar-refractivity contribution >= 4 is 12.0 Å². The zero-order valence-corrected chi connectivity index (χ0v) is 13.0. The van der Waals surface area contributed by atoms with Crippen molar-refractivity contribution in [2.75, 3.05) is 6.61 Å². The third kappa shape index (κ3) is 3.65. The van der Waals surface area contributed by atoms with Crippen LogP contribution in [0.2, 0.25) is 0 Å². The summed E-state index contributed by atoms with van der Waals surface area (Å²) in [5.74, 6) is -0.144. The van der Waals surface area contributed by atoms with Crippen LogP contribution in [0.3, 0.4) is 0 Å². The number of carbonyl (C=O) groups excluding carboxylic acids is 2. The fourth-order valence-electron chi connectivity index (χ4n) is 2.60. The summed E-state index contributed by atoms with van der Waals surface area (Å²) in [6.45, 7) is 0.624. The second-order valence-electron chi connectivity index (χ2n) is 5.59. The van der Waals surface area contributed by atoms with Crippen LogP contribution in [-0.4, -0.2) is 34.7 Å². The molecule has 24 heavy (non-hydrogen) atoms. The zero-order chi connectivity index (χ0) is 16.9. The monoisotopic (exact) mass is 326 g/mol. The number of phenols is 1. The van der Waals surface area contributed by atoms with Crippen molar-refractivity contribution in [2.24, 2.45) is 0 Å². The molecule has 0 spiro atoms. The normalized spacial score (nSPS) is 16.8. The van der Waals surface area contributed by atoms with E-state index >= 15 is 0 Å². The van der Waals surface area contributed by atoms with E-state index in [1.807, 2.05) is 30.3 Å².